The smallest absolute Gasteiger partial charge is 0.258 e. The molecule has 0 atom stereocenters. The van der Waals surface area contributed by atoms with E-state index in [0.717, 1.165) is 43.9 Å². The molecule has 6 nitrogen and oxygen atoms in total. The van der Waals surface area contributed by atoms with Crippen LogP contribution in [0.25, 0.3) is 0 Å². The molecular weight excluding hydrogens is 287 g/mol. The molecular formula is C12H15FN2O4S. The molecule has 0 saturated carbocycles. The van der Waals surface area contributed by atoms with Crippen molar-refractivity contribution >= 4 is 15.7 Å². The van der Waals surface area contributed by atoms with Crippen LogP contribution in [0.4, 0.5) is 10.1 Å². The van der Waals surface area contributed by atoms with Crippen LogP contribution in [-0.2, 0) is 10.0 Å². The van der Waals surface area contributed by atoms with Crippen molar-refractivity contribution in [3.8, 4) is 0 Å². The monoisotopic (exact) mass is 302 g/mol. The lowest BCUT2D eigenvalue weighted by Gasteiger charge is -2.19. The SMILES string of the molecule is O=[N+]([O-])c1ccc(S(=O)(=O)N2CCCCCC2)cc1F. The first-order chi connectivity index (χ1) is 9.43. The second-order valence-electron chi connectivity index (χ2n) is 4.69. The van der Waals surface area contributed by atoms with Crippen LogP contribution in [0.2, 0.25) is 0 Å². The molecule has 8 heteroatoms. The van der Waals surface area contributed by atoms with Gasteiger partial charge in [-0.15, -0.1) is 0 Å². The fourth-order valence-electron chi connectivity index (χ4n) is 2.23. The largest absolute Gasteiger partial charge is 0.304 e. The molecule has 0 radical (unpaired) electrons. The van der Waals surface area contributed by atoms with Gasteiger partial charge in [0.05, 0.1) is 9.82 Å². The van der Waals surface area contributed by atoms with E-state index in [1.165, 1.54) is 4.31 Å². The van der Waals surface area contributed by atoms with Crippen LogP contribution in [0.1, 0.15) is 25.7 Å². The van der Waals surface area contributed by atoms with E-state index in [2.05, 4.69) is 0 Å². The number of nitrogens with zero attached hydrogens (tertiary/aromatic N) is 2. The quantitative estimate of drug-likeness (QED) is 0.634. The molecule has 1 aliphatic rings. The number of rotatable bonds is 3. The number of hydrogen-bond acceptors (Lipinski definition) is 4. The lowest BCUT2D eigenvalue weighted by molar-refractivity contribution is -0.387. The van der Waals surface area contributed by atoms with E-state index >= 15 is 0 Å². The minimum atomic E-state index is -3.78. The highest BCUT2D eigenvalue weighted by Crippen LogP contribution is 2.24. The highest BCUT2D eigenvalue weighted by Gasteiger charge is 2.27. The maximum absolute atomic E-state index is 13.6. The third-order valence-electron chi connectivity index (χ3n) is 3.32. The summed E-state index contributed by atoms with van der Waals surface area (Å²) in [6.07, 6.45) is 3.49. The van der Waals surface area contributed by atoms with Crippen molar-refractivity contribution < 1.29 is 17.7 Å². The van der Waals surface area contributed by atoms with Gasteiger partial charge in [-0.25, -0.2) is 8.42 Å². The van der Waals surface area contributed by atoms with Crippen molar-refractivity contribution in [3.05, 3.63) is 34.1 Å². The van der Waals surface area contributed by atoms with Gasteiger partial charge in [0.1, 0.15) is 0 Å². The molecule has 1 aliphatic heterocycles. The summed E-state index contributed by atoms with van der Waals surface area (Å²) in [5.41, 5.74) is -0.722. The van der Waals surface area contributed by atoms with Crippen LogP contribution in [0.3, 0.4) is 0 Å². The van der Waals surface area contributed by atoms with Gasteiger partial charge < -0.3 is 0 Å². The Labute approximate surface area is 116 Å². The molecule has 0 unspecified atom stereocenters. The Morgan fingerprint density at radius 1 is 1.15 bits per heavy atom. The average molecular weight is 302 g/mol. The lowest BCUT2D eigenvalue weighted by Crippen LogP contribution is -2.32. The molecule has 110 valence electrons. The summed E-state index contributed by atoms with van der Waals surface area (Å²) in [7, 11) is -3.78. The second-order valence-corrected chi connectivity index (χ2v) is 6.63. The van der Waals surface area contributed by atoms with E-state index in [0.29, 0.717) is 13.1 Å². The fraction of sp³-hybridized carbons (Fsp3) is 0.500. The maximum Gasteiger partial charge on any atom is 0.304 e. The molecule has 0 bridgehead atoms. The maximum atomic E-state index is 13.6. The summed E-state index contributed by atoms with van der Waals surface area (Å²) < 4.78 is 39.6. The van der Waals surface area contributed by atoms with Gasteiger partial charge in [0, 0.05) is 25.2 Å². The average Bonchev–Trinajstić information content (AvgIpc) is 2.67. The highest BCUT2D eigenvalue weighted by molar-refractivity contribution is 7.89. The molecule has 0 amide bonds. The molecule has 0 aliphatic carbocycles. The van der Waals surface area contributed by atoms with E-state index in [4.69, 9.17) is 0 Å². The van der Waals surface area contributed by atoms with E-state index in [1.54, 1.807) is 0 Å². The van der Waals surface area contributed by atoms with Crippen molar-refractivity contribution in [1.82, 2.24) is 4.31 Å². The zero-order valence-corrected chi connectivity index (χ0v) is 11.6. The number of halogens is 1. The van der Waals surface area contributed by atoms with E-state index < -0.39 is 26.5 Å². The van der Waals surface area contributed by atoms with Gasteiger partial charge >= 0.3 is 5.69 Å². The third kappa shape index (κ3) is 2.96. The molecule has 1 fully saturated rings. The molecule has 1 saturated heterocycles. The van der Waals surface area contributed by atoms with Crippen LogP contribution in [0, 0.1) is 15.9 Å². The van der Waals surface area contributed by atoms with Gasteiger partial charge in [0.15, 0.2) is 0 Å². The number of benzene rings is 1. The van der Waals surface area contributed by atoms with Crippen LogP contribution in [0.5, 0.6) is 0 Å². The van der Waals surface area contributed by atoms with Crippen molar-refractivity contribution in [3.63, 3.8) is 0 Å². The summed E-state index contributed by atoms with van der Waals surface area (Å²) in [4.78, 5) is 9.42. The number of nitro benzene ring substituents is 1. The zero-order chi connectivity index (χ0) is 14.8. The van der Waals surface area contributed by atoms with Crippen LogP contribution in [-0.4, -0.2) is 30.7 Å². The molecule has 0 aromatic heterocycles. The number of sulfonamides is 1. The number of nitro groups is 1. The normalized spacial score (nSPS) is 17.6. The van der Waals surface area contributed by atoms with Gasteiger partial charge in [0.2, 0.25) is 15.8 Å². The summed E-state index contributed by atoms with van der Waals surface area (Å²) >= 11 is 0. The summed E-state index contributed by atoms with van der Waals surface area (Å²) in [5.74, 6) is -1.13. The summed E-state index contributed by atoms with van der Waals surface area (Å²) in [6, 6.07) is 2.69. The zero-order valence-electron chi connectivity index (χ0n) is 10.8. The first kappa shape index (κ1) is 14.9. The van der Waals surface area contributed by atoms with E-state index in [1.807, 2.05) is 0 Å². The van der Waals surface area contributed by atoms with Gasteiger partial charge in [0.25, 0.3) is 0 Å². The molecule has 2 rings (SSSR count). The Kier molecular flexibility index (Phi) is 4.34. The van der Waals surface area contributed by atoms with Crippen molar-refractivity contribution in [2.75, 3.05) is 13.1 Å². The summed E-state index contributed by atoms with van der Waals surface area (Å²) in [5, 5.41) is 10.5. The second kappa shape index (κ2) is 5.84. The number of hydrogen-bond donors (Lipinski definition) is 0. The van der Waals surface area contributed by atoms with Crippen molar-refractivity contribution in [1.29, 1.82) is 0 Å². The molecule has 0 N–H and O–H groups in total. The minimum absolute atomic E-state index is 0.234. The summed E-state index contributed by atoms with van der Waals surface area (Å²) in [6.45, 7) is 0.807. The Morgan fingerprint density at radius 2 is 1.75 bits per heavy atom. The van der Waals surface area contributed by atoms with Crippen molar-refractivity contribution in [2.45, 2.75) is 30.6 Å². The third-order valence-corrected chi connectivity index (χ3v) is 5.21. The Balaban J connectivity index is 2.34. The van der Waals surface area contributed by atoms with E-state index in [-0.39, 0.29) is 4.90 Å². The fourth-order valence-corrected chi connectivity index (χ4v) is 3.76. The predicted octanol–water partition coefficient (Wildman–Crippen LogP) is 2.30. The van der Waals surface area contributed by atoms with Gasteiger partial charge in [-0.2, -0.15) is 8.70 Å². The topological polar surface area (TPSA) is 80.5 Å². The van der Waals surface area contributed by atoms with Gasteiger partial charge in [-0.3, -0.25) is 10.1 Å². The predicted molar refractivity (Wildman–Crippen MR) is 70.3 cm³/mol. The van der Waals surface area contributed by atoms with Crippen LogP contribution >= 0.6 is 0 Å². The molecule has 1 heterocycles. The van der Waals surface area contributed by atoms with Crippen molar-refractivity contribution in [2.24, 2.45) is 0 Å². The minimum Gasteiger partial charge on any atom is -0.258 e. The standard InChI is InChI=1S/C12H15FN2O4S/c13-11-9-10(5-6-12(11)15(16)17)20(18,19)14-7-3-1-2-4-8-14/h5-6,9H,1-4,7-8H2. The molecule has 0 spiro atoms. The molecule has 20 heavy (non-hydrogen) atoms. The Hall–Kier alpha value is -1.54. The lowest BCUT2D eigenvalue weighted by atomic mass is 10.2. The molecule has 1 aromatic rings. The van der Waals surface area contributed by atoms with Crippen LogP contribution < -0.4 is 0 Å². The van der Waals surface area contributed by atoms with Gasteiger partial charge in [-0.05, 0) is 18.9 Å². The van der Waals surface area contributed by atoms with E-state index in [9.17, 15) is 22.9 Å². The molecule has 1 aromatic carbocycles. The first-order valence-electron chi connectivity index (χ1n) is 6.37. The highest BCUT2D eigenvalue weighted by atomic mass is 32.2. The Morgan fingerprint density at radius 3 is 2.25 bits per heavy atom. The first-order valence-corrected chi connectivity index (χ1v) is 7.81. The van der Waals surface area contributed by atoms with Crippen LogP contribution in [0.15, 0.2) is 23.1 Å². The van der Waals surface area contributed by atoms with Gasteiger partial charge in [-0.1, -0.05) is 12.8 Å². The Bertz CT molecular complexity index is 610.